The number of thiazole rings is 1. The predicted octanol–water partition coefficient (Wildman–Crippen LogP) is -0.141. The molecule has 5 atom stereocenters. The van der Waals surface area contributed by atoms with Crippen LogP contribution < -0.4 is 10.1 Å². The van der Waals surface area contributed by atoms with Crippen LogP contribution in [-0.2, 0) is 14.2 Å². The Labute approximate surface area is 189 Å². The zero-order chi connectivity index (χ0) is 22.7. The number of anilines is 1. The number of rotatable bonds is 5. The maximum absolute atomic E-state index is 10.3. The quantitative estimate of drug-likeness (QED) is 0.346. The van der Waals surface area contributed by atoms with Crippen molar-refractivity contribution in [3.8, 4) is 5.75 Å². The monoisotopic (exact) mass is 468 g/mol. The standard InChI is InChI=1S/C20H28N4O7S/c1-28-11-3-4-12-14(9-11)32-20(22-12)23-19(24-5-7-30-8-6-24)21-10-13-15(25)16(26)17(27)18(29-2)31-13/h3-4,9,13,15-18,25-27H,5-8,10H2,1-2H3,(H,21,22,23)/t13-,15-,16+,17-,18+/m1/s1. The molecule has 2 aromatic rings. The summed E-state index contributed by atoms with van der Waals surface area (Å²) >= 11 is 1.47. The van der Waals surface area contributed by atoms with Crippen LogP contribution in [0.2, 0.25) is 0 Å². The third kappa shape index (κ3) is 4.96. The fourth-order valence-corrected chi connectivity index (χ4v) is 4.50. The first-order valence-electron chi connectivity index (χ1n) is 10.3. The van der Waals surface area contributed by atoms with Gasteiger partial charge in [-0.2, -0.15) is 0 Å². The van der Waals surface area contributed by atoms with Gasteiger partial charge in [0.1, 0.15) is 30.2 Å². The lowest BCUT2D eigenvalue weighted by Crippen LogP contribution is -2.59. The Bertz CT molecular complexity index is 934. The van der Waals surface area contributed by atoms with Gasteiger partial charge in [0.05, 0.1) is 37.1 Å². The van der Waals surface area contributed by atoms with Crippen molar-refractivity contribution in [2.45, 2.75) is 30.7 Å². The summed E-state index contributed by atoms with van der Waals surface area (Å²) in [6, 6.07) is 5.68. The summed E-state index contributed by atoms with van der Waals surface area (Å²) in [6.07, 6.45) is -5.94. The molecule has 0 radical (unpaired) electrons. The number of morpholine rings is 1. The summed E-state index contributed by atoms with van der Waals surface area (Å²) in [5.41, 5.74) is 0.839. The molecule has 2 aliphatic rings. The molecule has 0 aliphatic carbocycles. The lowest BCUT2D eigenvalue weighted by atomic mass is 9.99. The van der Waals surface area contributed by atoms with Crippen LogP contribution in [0.1, 0.15) is 0 Å². The number of hydrogen-bond acceptors (Lipinski definition) is 10. The van der Waals surface area contributed by atoms with Gasteiger partial charge in [0.2, 0.25) is 5.96 Å². The number of methoxy groups -OCH3 is 2. The van der Waals surface area contributed by atoms with Crippen molar-refractivity contribution in [2.75, 3.05) is 52.4 Å². The molecule has 0 spiro atoms. The molecule has 2 saturated heterocycles. The molecule has 1 aromatic heterocycles. The Hall–Kier alpha value is -2.06. The van der Waals surface area contributed by atoms with E-state index in [9.17, 15) is 15.3 Å². The molecule has 2 fully saturated rings. The summed E-state index contributed by atoms with van der Waals surface area (Å²) in [6.45, 7) is 2.46. The van der Waals surface area contributed by atoms with Crippen LogP contribution in [0.4, 0.5) is 5.13 Å². The van der Waals surface area contributed by atoms with Gasteiger partial charge in [-0.1, -0.05) is 11.3 Å². The average Bonchev–Trinajstić information content (AvgIpc) is 3.23. The van der Waals surface area contributed by atoms with Crippen molar-refractivity contribution in [2.24, 2.45) is 4.99 Å². The molecular weight excluding hydrogens is 440 g/mol. The van der Waals surface area contributed by atoms with E-state index in [1.54, 1.807) is 7.11 Å². The number of aromatic nitrogens is 1. The molecule has 12 heteroatoms. The van der Waals surface area contributed by atoms with Gasteiger partial charge < -0.3 is 44.5 Å². The van der Waals surface area contributed by atoms with Crippen molar-refractivity contribution >= 4 is 32.6 Å². The number of ether oxygens (including phenoxy) is 4. The molecule has 4 N–H and O–H groups in total. The maximum atomic E-state index is 10.3. The number of benzene rings is 1. The minimum atomic E-state index is -1.40. The van der Waals surface area contributed by atoms with Gasteiger partial charge in [-0.3, -0.25) is 0 Å². The number of aliphatic hydroxyl groups excluding tert-OH is 3. The van der Waals surface area contributed by atoms with E-state index in [1.165, 1.54) is 18.4 Å². The topological polar surface area (TPSA) is 138 Å². The molecule has 0 unspecified atom stereocenters. The van der Waals surface area contributed by atoms with Crippen molar-refractivity contribution in [3.63, 3.8) is 0 Å². The van der Waals surface area contributed by atoms with Gasteiger partial charge in [-0.15, -0.1) is 0 Å². The van der Waals surface area contributed by atoms with Crippen molar-refractivity contribution in [3.05, 3.63) is 18.2 Å². The van der Waals surface area contributed by atoms with Gasteiger partial charge >= 0.3 is 0 Å². The van der Waals surface area contributed by atoms with Crippen LogP contribution in [0, 0.1) is 0 Å². The minimum absolute atomic E-state index is 0.0449. The molecule has 11 nitrogen and oxygen atoms in total. The van der Waals surface area contributed by atoms with E-state index < -0.39 is 30.7 Å². The van der Waals surface area contributed by atoms with Gasteiger partial charge in [-0.25, -0.2) is 9.98 Å². The highest BCUT2D eigenvalue weighted by Gasteiger charge is 2.43. The molecule has 32 heavy (non-hydrogen) atoms. The smallest absolute Gasteiger partial charge is 0.200 e. The number of nitrogens with zero attached hydrogens (tertiary/aromatic N) is 3. The highest BCUT2D eigenvalue weighted by molar-refractivity contribution is 7.22. The molecule has 4 rings (SSSR count). The summed E-state index contributed by atoms with van der Waals surface area (Å²) in [5, 5.41) is 34.4. The molecule has 0 bridgehead atoms. The van der Waals surface area contributed by atoms with E-state index in [4.69, 9.17) is 18.9 Å². The van der Waals surface area contributed by atoms with E-state index in [2.05, 4.69) is 15.3 Å². The molecule has 3 heterocycles. The van der Waals surface area contributed by atoms with Crippen LogP contribution in [-0.4, -0.2) is 109 Å². The van der Waals surface area contributed by atoms with E-state index in [-0.39, 0.29) is 6.54 Å². The summed E-state index contributed by atoms with van der Waals surface area (Å²) in [5.74, 6) is 1.32. The number of guanidine groups is 1. The maximum Gasteiger partial charge on any atom is 0.200 e. The second-order valence-electron chi connectivity index (χ2n) is 7.49. The first-order valence-corrected chi connectivity index (χ1v) is 11.1. The molecule has 2 aliphatic heterocycles. The number of hydrogen-bond donors (Lipinski definition) is 4. The Kier molecular flexibility index (Phi) is 7.40. The summed E-state index contributed by atoms with van der Waals surface area (Å²) < 4.78 is 22.4. The van der Waals surface area contributed by atoms with E-state index in [0.717, 1.165) is 16.0 Å². The van der Waals surface area contributed by atoms with Gasteiger partial charge in [0.25, 0.3) is 0 Å². The molecule has 0 amide bonds. The third-order valence-corrected chi connectivity index (χ3v) is 6.38. The Morgan fingerprint density at radius 2 is 2.00 bits per heavy atom. The minimum Gasteiger partial charge on any atom is -0.497 e. The van der Waals surface area contributed by atoms with Crippen LogP contribution in [0.5, 0.6) is 5.75 Å². The second-order valence-corrected chi connectivity index (χ2v) is 8.52. The Morgan fingerprint density at radius 1 is 1.22 bits per heavy atom. The first-order chi connectivity index (χ1) is 15.5. The fraction of sp³-hybridized carbons (Fsp3) is 0.600. The SMILES string of the molecule is COc1ccc2nc(NC(=NC[C@H]3O[C@H](OC)[C@H](O)[C@@H](O)[C@@H]3O)N3CCOCC3)sc2c1. The predicted molar refractivity (Wildman–Crippen MR) is 118 cm³/mol. The fourth-order valence-electron chi connectivity index (χ4n) is 3.61. The number of nitrogens with one attached hydrogen (secondary N) is 1. The van der Waals surface area contributed by atoms with Gasteiger partial charge in [0, 0.05) is 20.2 Å². The molecule has 0 saturated carbocycles. The van der Waals surface area contributed by atoms with Crippen molar-refractivity contribution < 1.29 is 34.3 Å². The number of aliphatic hydroxyl groups is 3. The lowest BCUT2D eigenvalue weighted by molar-refractivity contribution is -0.287. The molecular formula is C20H28N4O7S. The van der Waals surface area contributed by atoms with Crippen LogP contribution in [0.3, 0.4) is 0 Å². The molecule has 176 valence electrons. The second kappa shape index (κ2) is 10.3. The first kappa shape index (κ1) is 23.1. The molecule has 1 aromatic carbocycles. The highest BCUT2D eigenvalue weighted by atomic mass is 32.1. The van der Waals surface area contributed by atoms with Crippen molar-refractivity contribution in [1.82, 2.24) is 9.88 Å². The largest absolute Gasteiger partial charge is 0.497 e. The van der Waals surface area contributed by atoms with Crippen LogP contribution >= 0.6 is 11.3 Å². The highest BCUT2D eigenvalue weighted by Crippen LogP contribution is 2.29. The summed E-state index contributed by atoms with van der Waals surface area (Å²) in [4.78, 5) is 11.3. The third-order valence-electron chi connectivity index (χ3n) is 5.45. The van der Waals surface area contributed by atoms with Crippen molar-refractivity contribution in [1.29, 1.82) is 0 Å². The number of aliphatic imine (C=N–C) groups is 1. The van der Waals surface area contributed by atoms with Gasteiger partial charge in [0.15, 0.2) is 11.4 Å². The van der Waals surface area contributed by atoms with Gasteiger partial charge in [-0.05, 0) is 18.2 Å². The van der Waals surface area contributed by atoms with E-state index in [1.807, 2.05) is 23.1 Å². The lowest BCUT2D eigenvalue weighted by Gasteiger charge is -2.39. The Morgan fingerprint density at radius 3 is 2.72 bits per heavy atom. The average molecular weight is 469 g/mol. The van der Waals surface area contributed by atoms with E-state index in [0.29, 0.717) is 37.4 Å². The van der Waals surface area contributed by atoms with E-state index >= 15 is 0 Å². The zero-order valence-corrected chi connectivity index (χ0v) is 18.7. The normalized spacial score (nSPS) is 29.3. The zero-order valence-electron chi connectivity index (χ0n) is 17.9. The summed E-state index contributed by atoms with van der Waals surface area (Å²) in [7, 11) is 2.98. The van der Waals surface area contributed by atoms with Crippen LogP contribution in [0.25, 0.3) is 10.2 Å². The van der Waals surface area contributed by atoms with Crippen LogP contribution in [0.15, 0.2) is 23.2 Å². The Balaban J connectivity index is 1.54. The number of fused-ring (bicyclic) bond motifs is 1.